The predicted molar refractivity (Wildman–Crippen MR) is 110 cm³/mol. The zero-order chi connectivity index (χ0) is 19.9. The van der Waals surface area contributed by atoms with Gasteiger partial charge in [0, 0.05) is 52.4 Å². The SMILES string of the molecule is CN=C(NCc1cccc(C(=O)NC)c1)N1CCN(c2ccccc2F)CC1. The van der Waals surface area contributed by atoms with E-state index in [4.69, 9.17) is 0 Å². The van der Waals surface area contributed by atoms with Crippen LogP contribution in [-0.2, 0) is 6.54 Å². The van der Waals surface area contributed by atoms with Crippen molar-refractivity contribution in [2.75, 3.05) is 45.2 Å². The summed E-state index contributed by atoms with van der Waals surface area (Å²) < 4.78 is 14.0. The van der Waals surface area contributed by atoms with Gasteiger partial charge in [-0.15, -0.1) is 0 Å². The van der Waals surface area contributed by atoms with E-state index < -0.39 is 0 Å². The van der Waals surface area contributed by atoms with Gasteiger partial charge in [0.2, 0.25) is 0 Å². The molecule has 0 bridgehead atoms. The molecule has 0 spiro atoms. The molecule has 1 amide bonds. The van der Waals surface area contributed by atoms with E-state index >= 15 is 0 Å². The number of carbonyl (C=O) groups excluding carboxylic acids is 1. The van der Waals surface area contributed by atoms with Gasteiger partial charge in [-0.05, 0) is 29.8 Å². The lowest BCUT2D eigenvalue weighted by molar-refractivity contribution is 0.0963. The lowest BCUT2D eigenvalue weighted by Gasteiger charge is -2.37. The Morgan fingerprint density at radius 1 is 1.11 bits per heavy atom. The molecule has 2 aromatic rings. The maximum Gasteiger partial charge on any atom is 0.251 e. The zero-order valence-electron chi connectivity index (χ0n) is 16.3. The fourth-order valence-corrected chi connectivity index (χ4v) is 3.35. The average Bonchev–Trinajstić information content (AvgIpc) is 2.74. The van der Waals surface area contributed by atoms with Crippen LogP contribution in [0.1, 0.15) is 15.9 Å². The number of hydrogen-bond acceptors (Lipinski definition) is 3. The van der Waals surface area contributed by atoms with Crippen molar-refractivity contribution >= 4 is 17.6 Å². The minimum Gasteiger partial charge on any atom is -0.366 e. The summed E-state index contributed by atoms with van der Waals surface area (Å²) in [6, 6.07) is 14.4. The molecule has 1 fully saturated rings. The van der Waals surface area contributed by atoms with Crippen LogP contribution in [0.3, 0.4) is 0 Å². The van der Waals surface area contributed by atoms with Crippen LogP contribution in [0.5, 0.6) is 0 Å². The number of carbonyl (C=O) groups is 1. The fourth-order valence-electron chi connectivity index (χ4n) is 3.35. The molecule has 2 N–H and O–H groups in total. The van der Waals surface area contributed by atoms with E-state index in [9.17, 15) is 9.18 Å². The molecule has 1 heterocycles. The quantitative estimate of drug-likeness (QED) is 0.627. The van der Waals surface area contributed by atoms with Crippen molar-refractivity contribution in [1.82, 2.24) is 15.5 Å². The number of rotatable bonds is 4. The summed E-state index contributed by atoms with van der Waals surface area (Å²) >= 11 is 0. The highest BCUT2D eigenvalue weighted by molar-refractivity contribution is 5.94. The van der Waals surface area contributed by atoms with Gasteiger partial charge in [-0.2, -0.15) is 0 Å². The van der Waals surface area contributed by atoms with E-state index in [1.807, 2.05) is 30.3 Å². The van der Waals surface area contributed by atoms with Crippen LogP contribution in [0.15, 0.2) is 53.5 Å². The number of halogens is 1. The molecule has 1 aliphatic heterocycles. The van der Waals surface area contributed by atoms with E-state index in [0.717, 1.165) is 37.7 Å². The summed E-state index contributed by atoms with van der Waals surface area (Å²) in [4.78, 5) is 20.4. The monoisotopic (exact) mass is 383 g/mol. The molecule has 0 aliphatic carbocycles. The van der Waals surface area contributed by atoms with E-state index in [1.54, 1.807) is 26.2 Å². The molecule has 6 nitrogen and oxygen atoms in total. The predicted octanol–water partition coefficient (Wildman–Crippen LogP) is 2.08. The maximum absolute atomic E-state index is 14.0. The Labute approximate surface area is 165 Å². The van der Waals surface area contributed by atoms with Gasteiger partial charge in [0.1, 0.15) is 5.82 Å². The number of guanidine groups is 1. The van der Waals surface area contributed by atoms with E-state index in [2.05, 4.69) is 25.4 Å². The minimum absolute atomic E-state index is 0.101. The Morgan fingerprint density at radius 2 is 1.86 bits per heavy atom. The summed E-state index contributed by atoms with van der Waals surface area (Å²) in [6.07, 6.45) is 0. The smallest absolute Gasteiger partial charge is 0.251 e. The number of amides is 1. The third kappa shape index (κ3) is 4.60. The highest BCUT2D eigenvalue weighted by Crippen LogP contribution is 2.20. The molecule has 7 heteroatoms. The Balaban J connectivity index is 1.57. The van der Waals surface area contributed by atoms with Gasteiger partial charge in [-0.3, -0.25) is 9.79 Å². The molecule has 0 aromatic heterocycles. The Hall–Kier alpha value is -3.09. The van der Waals surface area contributed by atoms with Gasteiger partial charge < -0.3 is 20.4 Å². The Morgan fingerprint density at radius 3 is 2.54 bits per heavy atom. The van der Waals surface area contributed by atoms with Crippen LogP contribution in [0.4, 0.5) is 10.1 Å². The van der Waals surface area contributed by atoms with Crippen molar-refractivity contribution in [3.63, 3.8) is 0 Å². The summed E-state index contributed by atoms with van der Waals surface area (Å²) in [7, 11) is 3.38. The van der Waals surface area contributed by atoms with E-state index in [-0.39, 0.29) is 11.7 Å². The third-order valence-electron chi connectivity index (χ3n) is 4.85. The van der Waals surface area contributed by atoms with Crippen molar-refractivity contribution in [2.45, 2.75) is 6.54 Å². The highest BCUT2D eigenvalue weighted by atomic mass is 19.1. The first-order valence-electron chi connectivity index (χ1n) is 9.38. The van der Waals surface area contributed by atoms with Crippen molar-refractivity contribution in [3.05, 3.63) is 65.5 Å². The Kier molecular flexibility index (Phi) is 6.47. The molecule has 28 heavy (non-hydrogen) atoms. The van der Waals surface area contributed by atoms with Gasteiger partial charge in [0.05, 0.1) is 5.69 Å². The first-order valence-corrected chi connectivity index (χ1v) is 9.38. The van der Waals surface area contributed by atoms with Crippen molar-refractivity contribution < 1.29 is 9.18 Å². The van der Waals surface area contributed by atoms with Crippen molar-refractivity contribution in [2.24, 2.45) is 4.99 Å². The van der Waals surface area contributed by atoms with E-state index in [1.165, 1.54) is 6.07 Å². The number of nitrogens with one attached hydrogen (secondary N) is 2. The molecule has 148 valence electrons. The molecule has 0 saturated carbocycles. The first kappa shape index (κ1) is 19.7. The van der Waals surface area contributed by atoms with Crippen LogP contribution in [0.2, 0.25) is 0 Å². The largest absolute Gasteiger partial charge is 0.366 e. The number of nitrogens with zero attached hydrogens (tertiary/aromatic N) is 3. The van der Waals surface area contributed by atoms with Crippen LogP contribution in [0.25, 0.3) is 0 Å². The third-order valence-corrected chi connectivity index (χ3v) is 4.85. The number of hydrogen-bond donors (Lipinski definition) is 2. The molecular formula is C21H26FN5O. The fraction of sp³-hybridized carbons (Fsp3) is 0.333. The molecule has 0 unspecified atom stereocenters. The molecule has 2 aromatic carbocycles. The second-order valence-corrected chi connectivity index (χ2v) is 6.61. The van der Waals surface area contributed by atoms with Gasteiger partial charge in [0.15, 0.2) is 5.96 Å². The summed E-state index contributed by atoms with van der Waals surface area (Å²) in [6.45, 7) is 3.55. The molecule has 0 radical (unpaired) electrons. The second-order valence-electron chi connectivity index (χ2n) is 6.61. The molecule has 1 saturated heterocycles. The molecule has 1 aliphatic rings. The second kappa shape index (κ2) is 9.21. The first-order chi connectivity index (χ1) is 13.6. The van der Waals surface area contributed by atoms with E-state index in [0.29, 0.717) is 17.8 Å². The standard InChI is InChI=1S/C21H26FN5O/c1-23-20(28)17-7-5-6-16(14-17)15-25-21(24-2)27-12-10-26(11-13-27)19-9-4-3-8-18(19)22/h3-9,14H,10-13,15H2,1-2H3,(H,23,28)(H,24,25). The number of para-hydroxylation sites is 1. The topological polar surface area (TPSA) is 60.0 Å². The van der Waals surface area contributed by atoms with Crippen LogP contribution in [-0.4, -0.2) is 57.0 Å². The normalized spacial score (nSPS) is 14.8. The van der Waals surface area contributed by atoms with Gasteiger partial charge >= 0.3 is 0 Å². The van der Waals surface area contributed by atoms with Gasteiger partial charge in [-0.25, -0.2) is 4.39 Å². The van der Waals surface area contributed by atoms with Crippen LogP contribution < -0.4 is 15.5 Å². The van der Waals surface area contributed by atoms with Gasteiger partial charge in [-0.1, -0.05) is 24.3 Å². The lowest BCUT2D eigenvalue weighted by Crippen LogP contribution is -2.52. The lowest BCUT2D eigenvalue weighted by atomic mass is 10.1. The summed E-state index contributed by atoms with van der Waals surface area (Å²) in [5.41, 5.74) is 2.29. The molecular weight excluding hydrogens is 357 g/mol. The summed E-state index contributed by atoms with van der Waals surface area (Å²) in [5, 5.41) is 5.99. The molecule has 3 rings (SSSR count). The van der Waals surface area contributed by atoms with Gasteiger partial charge in [0.25, 0.3) is 5.91 Å². The highest BCUT2D eigenvalue weighted by Gasteiger charge is 2.21. The summed E-state index contributed by atoms with van der Waals surface area (Å²) in [5.74, 6) is 0.517. The minimum atomic E-state index is -0.186. The number of anilines is 1. The Bertz CT molecular complexity index is 846. The van der Waals surface area contributed by atoms with Crippen LogP contribution >= 0.6 is 0 Å². The number of piperazine rings is 1. The van der Waals surface area contributed by atoms with Crippen LogP contribution in [0, 0.1) is 5.82 Å². The molecule has 0 atom stereocenters. The zero-order valence-corrected chi connectivity index (χ0v) is 16.3. The number of benzene rings is 2. The van der Waals surface area contributed by atoms with Crippen molar-refractivity contribution in [1.29, 1.82) is 0 Å². The van der Waals surface area contributed by atoms with Crippen molar-refractivity contribution in [3.8, 4) is 0 Å². The maximum atomic E-state index is 14.0. The number of aliphatic imine (C=N–C) groups is 1. The average molecular weight is 383 g/mol.